The molecule has 0 bridgehead atoms. The van der Waals surface area contributed by atoms with Gasteiger partial charge < -0.3 is 15.4 Å². The number of carbonyl (C=O) groups is 1. The van der Waals surface area contributed by atoms with Gasteiger partial charge in [0, 0.05) is 6.04 Å². The molecule has 0 aliphatic heterocycles. The van der Waals surface area contributed by atoms with Crippen LogP contribution in [0, 0.1) is 0 Å². The third-order valence-corrected chi connectivity index (χ3v) is 2.31. The van der Waals surface area contributed by atoms with E-state index in [1.807, 2.05) is 45.0 Å². The molecular formula is C15H22N2O2. The molecule has 0 radical (unpaired) electrons. The van der Waals surface area contributed by atoms with Gasteiger partial charge in [-0.25, -0.2) is 0 Å². The van der Waals surface area contributed by atoms with Gasteiger partial charge in [0.15, 0.2) is 0 Å². The highest BCUT2D eigenvalue weighted by Crippen LogP contribution is 2.23. The van der Waals surface area contributed by atoms with Gasteiger partial charge in [-0.1, -0.05) is 32.6 Å². The van der Waals surface area contributed by atoms with E-state index in [0.29, 0.717) is 18.0 Å². The number of benzene rings is 1. The molecule has 4 nitrogen and oxygen atoms in total. The van der Waals surface area contributed by atoms with Gasteiger partial charge in [0.05, 0.1) is 12.2 Å². The molecule has 1 rings (SSSR count). The second-order valence-electron chi connectivity index (χ2n) is 4.83. The van der Waals surface area contributed by atoms with Gasteiger partial charge in [-0.15, -0.1) is 0 Å². The first-order valence-electron chi connectivity index (χ1n) is 6.38. The van der Waals surface area contributed by atoms with Crippen molar-refractivity contribution < 1.29 is 9.53 Å². The fourth-order valence-electron chi connectivity index (χ4n) is 1.39. The van der Waals surface area contributed by atoms with Crippen molar-refractivity contribution in [1.82, 2.24) is 5.32 Å². The first-order chi connectivity index (χ1) is 8.99. The summed E-state index contributed by atoms with van der Waals surface area (Å²) in [6, 6.07) is 7.66. The minimum atomic E-state index is -0.0833. The molecule has 19 heavy (non-hydrogen) atoms. The Kier molecular flexibility index (Phi) is 6.09. The number of amides is 1. The molecular weight excluding hydrogens is 240 g/mol. The van der Waals surface area contributed by atoms with Crippen molar-refractivity contribution in [2.75, 3.05) is 18.5 Å². The molecule has 0 fully saturated rings. The third-order valence-electron chi connectivity index (χ3n) is 2.31. The van der Waals surface area contributed by atoms with Crippen LogP contribution in [0.3, 0.4) is 0 Å². The Balaban J connectivity index is 2.61. The Morgan fingerprint density at radius 1 is 1.37 bits per heavy atom. The largest absolute Gasteiger partial charge is 0.487 e. The molecule has 0 aromatic heterocycles. The number of carbonyl (C=O) groups excluding carboxylic acids is 1. The minimum absolute atomic E-state index is 0.0833. The summed E-state index contributed by atoms with van der Waals surface area (Å²) in [6.45, 7) is 10.4. The summed E-state index contributed by atoms with van der Waals surface area (Å²) in [5.74, 6) is 0.573. The molecule has 0 aliphatic rings. The summed E-state index contributed by atoms with van der Waals surface area (Å²) < 4.78 is 5.59. The maximum Gasteiger partial charge on any atom is 0.238 e. The molecule has 0 saturated carbocycles. The van der Waals surface area contributed by atoms with Gasteiger partial charge in [-0.2, -0.15) is 0 Å². The molecule has 1 aromatic rings. The molecule has 4 heteroatoms. The van der Waals surface area contributed by atoms with Crippen LogP contribution in [0.5, 0.6) is 5.75 Å². The Bertz CT molecular complexity index is 442. The second-order valence-corrected chi connectivity index (χ2v) is 4.83. The predicted octanol–water partition coefficient (Wildman–Crippen LogP) is 2.58. The van der Waals surface area contributed by atoms with Crippen LogP contribution in [0.4, 0.5) is 5.69 Å². The number of para-hydroxylation sites is 2. The summed E-state index contributed by atoms with van der Waals surface area (Å²) in [5, 5.41) is 5.90. The fourth-order valence-corrected chi connectivity index (χ4v) is 1.39. The van der Waals surface area contributed by atoms with Crippen molar-refractivity contribution in [1.29, 1.82) is 0 Å². The lowest BCUT2D eigenvalue weighted by Gasteiger charge is -2.13. The Hall–Kier alpha value is -1.81. The van der Waals surface area contributed by atoms with E-state index in [1.54, 1.807) is 0 Å². The van der Waals surface area contributed by atoms with Crippen molar-refractivity contribution in [3.8, 4) is 5.75 Å². The number of anilines is 1. The van der Waals surface area contributed by atoms with E-state index in [2.05, 4.69) is 17.2 Å². The van der Waals surface area contributed by atoms with Gasteiger partial charge in [0.25, 0.3) is 0 Å². The zero-order valence-corrected chi connectivity index (χ0v) is 11.8. The van der Waals surface area contributed by atoms with E-state index in [9.17, 15) is 4.79 Å². The topological polar surface area (TPSA) is 50.4 Å². The normalized spacial score (nSPS) is 10.3. The Morgan fingerprint density at radius 2 is 2.05 bits per heavy atom. The van der Waals surface area contributed by atoms with E-state index in [0.717, 1.165) is 5.57 Å². The van der Waals surface area contributed by atoms with E-state index in [-0.39, 0.29) is 18.5 Å². The quantitative estimate of drug-likeness (QED) is 0.743. The summed E-state index contributed by atoms with van der Waals surface area (Å²) in [4.78, 5) is 11.8. The number of hydrogen-bond acceptors (Lipinski definition) is 3. The van der Waals surface area contributed by atoms with E-state index >= 15 is 0 Å². The van der Waals surface area contributed by atoms with E-state index in [1.165, 1.54) is 0 Å². The van der Waals surface area contributed by atoms with E-state index < -0.39 is 0 Å². The molecule has 0 spiro atoms. The van der Waals surface area contributed by atoms with Crippen molar-refractivity contribution in [2.45, 2.75) is 26.8 Å². The first-order valence-corrected chi connectivity index (χ1v) is 6.38. The van der Waals surface area contributed by atoms with Crippen LogP contribution in [0.25, 0.3) is 0 Å². The number of nitrogens with one attached hydrogen (secondary N) is 2. The zero-order valence-electron chi connectivity index (χ0n) is 11.8. The fraction of sp³-hybridized carbons (Fsp3) is 0.400. The van der Waals surface area contributed by atoms with Crippen molar-refractivity contribution in [3.63, 3.8) is 0 Å². The first kappa shape index (κ1) is 15.2. The third kappa shape index (κ3) is 6.06. The van der Waals surface area contributed by atoms with Crippen LogP contribution in [0.1, 0.15) is 20.8 Å². The molecule has 1 aromatic carbocycles. The molecule has 0 atom stereocenters. The highest BCUT2D eigenvalue weighted by molar-refractivity contribution is 5.93. The number of hydrogen-bond donors (Lipinski definition) is 2. The molecule has 0 unspecified atom stereocenters. The lowest BCUT2D eigenvalue weighted by molar-refractivity contribution is -0.115. The highest BCUT2D eigenvalue weighted by atomic mass is 16.5. The lowest BCUT2D eigenvalue weighted by Crippen LogP contribution is -2.32. The average molecular weight is 262 g/mol. The summed E-state index contributed by atoms with van der Waals surface area (Å²) in [6.07, 6.45) is 0. The van der Waals surface area contributed by atoms with E-state index in [4.69, 9.17) is 4.74 Å². The maximum absolute atomic E-state index is 11.8. The van der Waals surface area contributed by atoms with Crippen LogP contribution in [0.15, 0.2) is 36.4 Å². The second kappa shape index (κ2) is 7.59. The average Bonchev–Trinajstić information content (AvgIpc) is 2.35. The summed E-state index contributed by atoms with van der Waals surface area (Å²) in [5.41, 5.74) is 1.61. The predicted molar refractivity (Wildman–Crippen MR) is 78.5 cm³/mol. The number of rotatable bonds is 7. The van der Waals surface area contributed by atoms with Crippen molar-refractivity contribution in [2.24, 2.45) is 0 Å². The smallest absolute Gasteiger partial charge is 0.238 e. The van der Waals surface area contributed by atoms with Gasteiger partial charge in [0.1, 0.15) is 12.4 Å². The lowest BCUT2D eigenvalue weighted by atomic mass is 10.3. The van der Waals surface area contributed by atoms with Gasteiger partial charge in [0.2, 0.25) is 5.91 Å². The van der Waals surface area contributed by atoms with Crippen LogP contribution in [-0.2, 0) is 4.79 Å². The van der Waals surface area contributed by atoms with Gasteiger partial charge >= 0.3 is 0 Å². The summed E-state index contributed by atoms with van der Waals surface area (Å²) >= 11 is 0. The monoisotopic (exact) mass is 262 g/mol. The molecule has 0 aliphatic carbocycles. The molecule has 1 amide bonds. The van der Waals surface area contributed by atoms with Crippen LogP contribution in [0.2, 0.25) is 0 Å². The molecule has 0 saturated heterocycles. The van der Waals surface area contributed by atoms with Gasteiger partial charge in [-0.3, -0.25) is 4.79 Å². The van der Waals surface area contributed by atoms with Crippen LogP contribution >= 0.6 is 0 Å². The van der Waals surface area contributed by atoms with Gasteiger partial charge in [-0.05, 0) is 24.6 Å². The molecule has 104 valence electrons. The summed E-state index contributed by atoms with van der Waals surface area (Å²) in [7, 11) is 0. The molecule has 2 N–H and O–H groups in total. The van der Waals surface area contributed by atoms with Crippen molar-refractivity contribution >= 4 is 11.6 Å². The van der Waals surface area contributed by atoms with Crippen LogP contribution in [-0.4, -0.2) is 25.1 Å². The maximum atomic E-state index is 11.8. The standard InChI is InChI=1S/C15H22N2O2/c1-11(2)10-19-14-8-6-5-7-13(14)17-15(18)9-16-12(3)4/h5-8,12,16H,1,9-10H2,2-4H3,(H,17,18). The highest BCUT2D eigenvalue weighted by Gasteiger charge is 2.07. The number of ether oxygens (including phenoxy) is 1. The Morgan fingerprint density at radius 3 is 2.68 bits per heavy atom. The SMILES string of the molecule is C=C(C)COc1ccccc1NC(=O)CNC(C)C. The minimum Gasteiger partial charge on any atom is -0.487 e. The zero-order chi connectivity index (χ0) is 14.3. The van der Waals surface area contributed by atoms with Crippen molar-refractivity contribution in [3.05, 3.63) is 36.4 Å². The Labute approximate surface area is 114 Å². The molecule has 0 heterocycles. The van der Waals surface area contributed by atoms with Crippen LogP contribution < -0.4 is 15.4 Å².